The van der Waals surface area contributed by atoms with Gasteiger partial charge in [-0.05, 0) is 37.1 Å². The van der Waals surface area contributed by atoms with Crippen molar-refractivity contribution in [1.82, 2.24) is 15.5 Å². The largest absolute Gasteiger partial charge is 0.492 e. The molecule has 1 aromatic rings. The second kappa shape index (κ2) is 11.5. The van der Waals surface area contributed by atoms with E-state index in [0.29, 0.717) is 12.2 Å². The molecule has 2 N–H and O–H groups in total. The van der Waals surface area contributed by atoms with E-state index in [1.54, 1.807) is 24.3 Å². The number of nitrogens with zero attached hydrogens (tertiary/aromatic N) is 2. The molecule has 0 radical (unpaired) electrons. The minimum atomic E-state index is -0.293. The lowest BCUT2D eigenvalue weighted by molar-refractivity contribution is -0.126. The third-order valence-electron chi connectivity index (χ3n) is 5.66. The highest BCUT2D eigenvalue weighted by atomic mass is 16.5. The minimum Gasteiger partial charge on any atom is -0.492 e. The standard InChI is InChI=1S/C22H30N4O4/c23-9-10-24-22(28)19-3-1-2-4-20(19)25-21(27)17-5-7-18(8-6-17)30-16-13-26-11-14-29-15-12-26/h5-8,19-20H,1-4,10-16H2,(H,24,28)(H,25,27)/t19-,20+/m1/s1. The van der Waals surface area contributed by atoms with Crippen LogP contribution in [0.25, 0.3) is 0 Å². The van der Waals surface area contributed by atoms with Crippen LogP contribution in [0.5, 0.6) is 5.75 Å². The van der Waals surface area contributed by atoms with E-state index in [4.69, 9.17) is 14.7 Å². The molecule has 2 fully saturated rings. The van der Waals surface area contributed by atoms with Crippen molar-refractivity contribution in [2.24, 2.45) is 5.92 Å². The smallest absolute Gasteiger partial charge is 0.251 e. The Labute approximate surface area is 177 Å². The Kier molecular flexibility index (Phi) is 8.48. The Morgan fingerprint density at radius 1 is 1.17 bits per heavy atom. The summed E-state index contributed by atoms with van der Waals surface area (Å²) in [4.78, 5) is 27.3. The number of rotatable bonds is 8. The van der Waals surface area contributed by atoms with Crippen LogP contribution in [0.4, 0.5) is 0 Å². The first-order chi connectivity index (χ1) is 14.7. The van der Waals surface area contributed by atoms with Crippen LogP contribution in [0.2, 0.25) is 0 Å². The summed E-state index contributed by atoms with van der Waals surface area (Å²) >= 11 is 0. The zero-order valence-corrected chi connectivity index (χ0v) is 17.3. The van der Waals surface area contributed by atoms with Gasteiger partial charge in [-0.3, -0.25) is 14.5 Å². The highest BCUT2D eigenvalue weighted by molar-refractivity contribution is 5.95. The molecule has 2 aliphatic rings. The molecule has 3 rings (SSSR count). The summed E-state index contributed by atoms with van der Waals surface area (Å²) in [6.45, 7) is 4.83. The van der Waals surface area contributed by atoms with Crippen LogP contribution in [0.3, 0.4) is 0 Å². The van der Waals surface area contributed by atoms with Crippen molar-refractivity contribution in [3.63, 3.8) is 0 Å². The number of morpholine rings is 1. The van der Waals surface area contributed by atoms with Gasteiger partial charge in [-0.25, -0.2) is 0 Å². The van der Waals surface area contributed by atoms with Gasteiger partial charge in [-0.2, -0.15) is 5.26 Å². The number of benzene rings is 1. The number of carbonyl (C=O) groups is 2. The molecule has 8 nitrogen and oxygen atoms in total. The lowest BCUT2D eigenvalue weighted by Crippen LogP contribution is -2.48. The van der Waals surface area contributed by atoms with Crippen LogP contribution >= 0.6 is 0 Å². The van der Waals surface area contributed by atoms with Gasteiger partial charge in [0.15, 0.2) is 0 Å². The van der Waals surface area contributed by atoms with Crippen LogP contribution in [0, 0.1) is 17.2 Å². The fourth-order valence-electron chi connectivity index (χ4n) is 3.95. The number of carbonyl (C=O) groups excluding carboxylic acids is 2. The third kappa shape index (κ3) is 6.44. The Morgan fingerprint density at radius 3 is 2.63 bits per heavy atom. The SMILES string of the molecule is N#CCNC(=O)[C@@H]1CCCC[C@@H]1NC(=O)c1ccc(OCCN2CCOCC2)cc1. The zero-order chi connectivity index (χ0) is 21.2. The van der Waals surface area contributed by atoms with E-state index in [0.717, 1.165) is 64.3 Å². The quantitative estimate of drug-likeness (QED) is 0.622. The average Bonchev–Trinajstić information content (AvgIpc) is 2.79. The molecule has 0 spiro atoms. The number of hydrogen-bond donors (Lipinski definition) is 2. The summed E-state index contributed by atoms with van der Waals surface area (Å²) in [6.07, 6.45) is 3.41. The third-order valence-corrected chi connectivity index (χ3v) is 5.66. The van der Waals surface area contributed by atoms with Gasteiger partial charge in [0, 0.05) is 31.2 Å². The molecule has 30 heavy (non-hydrogen) atoms. The van der Waals surface area contributed by atoms with Crippen LogP contribution in [-0.2, 0) is 9.53 Å². The topological polar surface area (TPSA) is 104 Å². The molecule has 1 aliphatic carbocycles. The number of amides is 2. The van der Waals surface area contributed by atoms with Crippen molar-refractivity contribution in [2.45, 2.75) is 31.7 Å². The average molecular weight is 415 g/mol. The van der Waals surface area contributed by atoms with Crippen LogP contribution in [0.15, 0.2) is 24.3 Å². The first kappa shape index (κ1) is 22.1. The van der Waals surface area contributed by atoms with Crippen molar-refractivity contribution in [2.75, 3.05) is 46.0 Å². The van der Waals surface area contributed by atoms with Gasteiger partial charge in [-0.15, -0.1) is 0 Å². The molecule has 8 heteroatoms. The van der Waals surface area contributed by atoms with Crippen molar-refractivity contribution >= 4 is 11.8 Å². The summed E-state index contributed by atoms with van der Waals surface area (Å²) < 4.78 is 11.1. The highest BCUT2D eigenvalue weighted by Crippen LogP contribution is 2.25. The predicted molar refractivity (Wildman–Crippen MR) is 111 cm³/mol. The Hall–Kier alpha value is -2.63. The zero-order valence-electron chi connectivity index (χ0n) is 17.3. The molecular formula is C22H30N4O4. The van der Waals surface area contributed by atoms with Crippen molar-refractivity contribution in [3.05, 3.63) is 29.8 Å². The number of nitriles is 1. The number of nitrogens with one attached hydrogen (secondary N) is 2. The predicted octanol–water partition coefficient (Wildman–Crippen LogP) is 1.33. The van der Waals surface area contributed by atoms with Crippen LogP contribution in [0.1, 0.15) is 36.0 Å². The van der Waals surface area contributed by atoms with Crippen LogP contribution < -0.4 is 15.4 Å². The normalized spacial score (nSPS) is 22.0. The molecule has 1 aliphatic heterocycles. The van der Waals surface area contributed by atoms with Gasteiger partial charge in [0.25, 0.3) is 5.91 Å². The molecule has 2 atom stereocenters. The molecule has 0 aromatic heterocycles. The Bertz CT molecular complexity index is 740. The highest BCUT2D eigenvalue weighted by Gasteiger charge is 2.32. The molecule has 1 saturated carbocycles. The maximum atomic E-state index is 12.7. The molecule has 1 aromatic carbocycles. The number of hydrogen-bond acceptors (Lipinski definition) is 6. The first-order valence-electron chi connectivity index (χ1n) is 10.7. The van der Waals surface area contributed by atoms with E-state index in [2.05, 4.69) is 15.5 Å². The van der Waals surface area contributed by atoms with E-state index < -0.39 is 0 Å². The van der Waals surface area contributed by atoms with E-state index >= 15 is 0 Å². The van der Waals surface area contributed by atoms with Gasteiger partial charge in [0.1, 0.15) is 18.9 Å². The van der Waals surface area contributed by atoms with E-state index in [1.807, 2.05) is 6.07 Å². The maximum Gasteiger partial charge on any atom is 0.251 e. The fourth-order valence-corrected chi connectivity index (χ4v) is 3.95. The fraction of sp³-hybridized carbons (Fsp3) is 0.591. The second-order valence-corrected chi connectivity index (χ2v) is 7.67. The summed E-state index contributed by atoms with van der Waals surface area (Å²) in [7, 11) is 0. The first-order valence-corrected chi connectivity index (χ1v) is 10.7. The van der Waals surface area contributed by atoms with Gasteiger partial charge in [0.05, 0.1) is 25.2 Å². The summed E-state index contributed by atoms with van der Waals surface area (Å²) in [5.41, 5.74) is 0.539. The maximum absolute atomic E-state index is 12.7. The van der Waals surface area contributed by atoms with E-state index in [9.17, 15) is 9.59 Å². The van der Waals surface area contributed by atoms with Gasteiger partial charge < -0.3 is 20.1 Å². The Balaban J connectivity index is 1.48. The molecule has 162 valence electrons. The van der Waals surface area contributed by atoms with Crippen molar-refractivity contribution < 1.29 is 19.1 Å². The lowest BCUT2D eigenvalue weighted by Gasteiger charge is -2.31. The monoisotopic (exact) mass is 414 g/mol. The van der Waals surface area contributed by atoms with Crippen molar-refractivity contribution in [1.29, 1.82) is 5.26 Å². The molecule has 0 bridgehead atoms. The Morgan fingerprint density at radius 2 is 1.90 bits per heavy atom. The van der Waals surface area contributed by atoms with Crippen LogP contribution in [-0.4, -0.2) is 68.8 Å². The van der Waals surface area contributed by atoms with Gasteiger partial charge in [-0.1, -0.05) is 12.8 Å². The van der Waals surface area contributed by atoms with Gasteiger partial charge in [0.2, 0.25) is 5.91 Å². The van der Waals surface area contributed by atoms with Gasteiger partial charge >= 0.3 is 0 Å². The summed E-state index contributed by atoms with van der Waals surface area (Å²) in [6, 6.07) is 8.79. The second-order valence-electron chi connectivity index (χ2n) is 7.67. The molecule has 2 amide bonds. The molecule has 1 heterocycles. The minimum absolute atomic E-state index is 0.0109. The summed E-state index contributed by atoms with van der Waals surface area (Å²) in [5, 5.41) is 14.3. The molecular weight excluding hydrogens is 384 g/mol. The molecule has 1 saturated heterocycles. The molecule has 0 unspecified atom stereocenters. The summed E-state index contributed by atoms with van der Waals surface area (Å²) in [5.74, 6) is 0.0792. The van der Waals surface area contributed by atoms with E-state index in [1.165, 1.54) is 0 Å². The lowest BCUT2D eigenvalue weighted by atomic mass is 9.83. The van der Waals surface area contributed by atoms with Crippen molar-refractivity contribution in [3.8, 4) is 11.8 Å². The van der Waals surface area contributed by atoms with E-state index in [-0.39, 0.29) is 30.3 Å². The number of ether oxygens (including phenoxy) is 2.